The molecule has 0 bridgehead atoms. The van der Waals surface area contributed by atoms with Crippen molar-refractivity contribution in [3.63, 3.8) is 0 Å². The highest BCUT2D eigenvalue weighted by Crippen LogP contribution is 2.40. The van der Waals surface area contributed by atoms with E-state index in [4.69, 9.17) is 30.8 Å². The second-order valence-corrected chi connectivity index (χ2v) is 10.6. The number of methoxy groups -OCH3 is 2. The maximum atomic E-state index is 13.4. The van der Waals surface area contributed by atoms with E-state index in [1.807, 2.05) is 41.3 Å². The number of rotatable bonds is 11. The summed E-state index contributed by atoms with van der Waals surface area (Å²) in [5, 5.41) is 1.38. The number of carbonyl (C=O) groups is 1. The maximum absolute atomic E-state index is 13.4. The van der Waals surface area contributed by atoms with Gasteiger partial charge >= 0.3 is 0 Å². The SMILES string of the molecule is COc1ccc(OC)c2sc(N(CCCN3CCOCC3)C(=O)CCSc3ccc(Cl)cc3)nc12. The number of carbonyl (C=O) groups excluding carboxylic acids is 1. The molecule has 1 fully saturated rings. The number of thiazole rings is 1. The molecule has 3 aromatic rings. The molecule has 0 aliphatic carbocycles. The van der Waals surface area contributed by atoms with Crippen molar-refractivity contribution < 1.29 is 19.0 Å². The summed E-state index contributed by atoms with van der Waals surface area (Å²) in [6.45, 7) is 4.92. The Labute approximate surface area is 219 Å². The van der Waals surface area contributed by atoms with E-state index in [-0.39, 0.29) is 5.91 Å². The predicted molar refractivity (Wildman–Crippen MR) is 144 cm³/mol. The van der Waals surface area contributed by atoms with Crippen molar-refractivity contribution in [3.05, 3.63) is 41.4 Å². The molecular weight excluding hydrogens is 506 g/mol. The lowest BCUT2D eigenvalue weighted by molar-refractivity contribution is -0.118. The minimum absolute atomic E-state index is 0.0606. The standard InChI is InChI=1S/C25H30ClN3O4S2/c1-31-20-8-9-21(32-2)24-23(20)27-25(35-24)29(12-3-11-28-13-15-33-16-14-28)22(30)10-17-34-19-6-4-18(26)5-7-19/h4-9H,3,10-17H2,1-2H3. The molecular formula is C25H30ClN3O4S2. The monoisotopic (exact) mass is 535 g/mol. The van der Waals surface area contributed by atoms with E-state index < -0.39 is 0 Å². The van der Waals surface area contributed by atoms with Crippen LogP contribution in [0, 0.1) is 0 Å². The molecule has 1 aromatic heterocycles. The normalized spacial score (nSPS) is 14.3. The molecule has 0 saturated carbocycles. The van der Waals surface area contributed by atoms with Gasteiger partial charge in [0.15, 0.2) is 5.13 Å². The van der Waals surface area contributed by atoms with Crippen LogP contribution in [-0.2, 0) is 9.53 Å². The highest BCUT2D eigenvalue weighted by atomic mass is 35.5. The number of aromatic nitrogens is 1. The molecule has 1 aliphatic heterocycles. The van der Waals surface area contributed by atoms with Crippen molar-refractivity contribution in [2.45, 2.75) is 17.7 Å². The molecule has 35 heavy (non-hydrogen) atoms. The lowest BCUT2D eigenvalue weighted by Gasteiger charge is -2.27. The number of ether oxygens (including phenoxy) is 3. The van der Waals surface area contributed by atoms with Crippen LogP contribution in [0.3, 0.4) is 0 Å². The maximum Gasteiger partial charge on any atom is 0.229 e. The Morgan fingerprint density at radius 1 is 1.14 bits per heavy atom. The third kappa shape index (κ3) is 6.80. The number of morpholine rings is 1. The van der Waals surface area contributed by atoms with E-state index in [0.29, 0.717) is 40.1 Å². The van der Waals surface area contributed by atoms with E-state index in [1.54, 1.807) is 26.0 Å². The fraction of sp³-hybridized carbons (Fsp3) is 0.440. The van der Waals surface area contributed by atoms with Gasteiger partial charge < -0.3 is 14.2 Å². The van der Waals surface area contributed by atoms with Gasteiger partial charge in [-0.3, -0.25) is 14.6 Å². The Morgan fingerprint density at radius 2 is 1.86 bits per heavy atom. The predicted octanol–water partition coefficient (Wildman–Crippen LogP) is 5.20. The molecule has 10 heteroatoms. The van der Waals surface area contributed by atoms with Crippen LogP contribution < -0.4 is 14.4 Å². The van der Waals surface area contributed by atoms with Crippen molar-refractivity contribution in [2.24, 2.45) is 0 Å². The van der Waals surface area contributed by atoms with Crippen LogP contribution in [0.5, 0.6) is 11.5 Å². The fourth-order valence-corrected chi connectivity index (χ4v) is 6.00. The van der Waals surface area contributed by atoms with Gasteiger partial charge in [-0.05, 0) is 42.8 Å². The molecule has 2 aromatic carbocycles. The molecule has 188 valence electrons. The van der Waals surface area contributed by atoms with Gasteiger partial charge in [0, 0.05) is 48.3 Å². The summed E-state index contributed by atoms with van der Waals surface area (Å²) in [5.74, 6) is 2.13. The van der Waals surface area contributed by atoms with E-state index in [9.17, 15) is 4.79 Å². The average molecular weight is 536 g/mol. The van der Waals surface area contributed by atoms with Gasteiger partial charge in [0.2, 0.25) is 5.91 Å². The summed E-state index contributed by atoms with van der Waals surface area (Å²) in [5.41, 5.74) is 0.716. The molecule has 0 unspecified atom stereocenters. The Kier molecular flexibility index (Phi) is 9.51. The van der Waals surface area contributed by atoms with Crippen LogP contribution in [0.2, 0.25) is 5.02 Å². The smallest absolute Gasteiger partial charge is 0.229 e. The zero-order valence-corrected chi connectivity index (χ0v) is 22.4. The lowest BCUT2D eigenvalue weighted by atomic mass is 10.3. The first-order valence-corrected chi connectivity index (χ1v) is 13.8. The van der Waals surface area contributed by atoms with Gasteiger partial charge in [-0.1, -0.05) is 22.9 Å². The largest absolute Gasteiger partial charge is 0.495 e. The summed E-state index contributed by atoms with van der Waals surface area (Å²) < 4.78 is 17.4. The first-order chi connectivity index (χ1) is 17.1. The Bertz CT molecular complexity index is 1080. The van der Waals surface area contributed by atoms with E-state index in [0.717, 1.165) is 54.6 Å². The minimum atomic E-state index is 0.0606. The number of hydrogen-bond donors (Lipinski definition) is 0. The number of amides is 1. The molecule has 1 aliphatic rings. The van der Waals surface area contributed by atoms with Crippen molar-refractivity contribution in [2.75, 3.05) is 64.3 Å². The Balaban J connectivity index is 1.49. The van der Waals surface area contributed by atoms with Crippen LogP contribution in [-0.4, -0.2) is 75.2 Å². The quantitative estimate of drug-likeness (QED) is 0.312. The van der Waals surface area contributed by atoms with Crippen molar-refractivity contribution >= 4 is 56.0 Å². The number of nitrogens with zero attached hydrogens (tertiary/aromatic N) is 3. The van der Waals surface area contributed by atoms with Crippen LogP contribution in [0.4, 0.5) is 5.13 Å². The van der Waals surface area contributed by atoms with Gasteiger partial charge in [0.1, 0.15) is 21.7 Å². The third-order valence-electron chi connectivity index (χ3n) is 5.79. The van der Waals surface area contributed by atoms with Crippen molar-refractivity contribution in [1.82, 2.24) is 9.88 Å². The first-order valence-electron chi connectivity index (χ1n) is 11.6. The second kappa shape index (κ2) is 12.8. The molecule has 1 amide bonds. The summed E-state index contributed by atoms with van der Waals surface area (Å²) in [4.78, 5) is 23.5. The lowest BCUT2D eigenvalue weighted by Crippen LogP contribution is -2.39. The number of hydrogen-bond acceptors (Lipinski definition) is 8. The van der Waals surface area contributed by atoms with Crippen LogP contribution in [0.25, 0.3) is 10.2 Å². The van der Waals surface area contributed by atoms with Crippen LogP contribution >= 0.6 is 34.7 Å². The average Bonchev–Trinajstić information content (AvgIpc) is 3.33. The van der Waals surface area contributed by atoms with E-state index >= 15 is 0 Å². The Morgan fingerprint density at radius 3 is 2.57 bits per heavy atom. The molecule has 0 atom stereocenters. The summed E-state index contributed by atoms with van der Waals surface area (Å²) in [7, 11) is 3.26. The van der Waals surface area contributed by atoms with E-state index in [2.05, 4.69) is 4.90 Å². The molecule has 7 nitrogen and oxygen atoms in total. The molecule has 2 heterocycles. The van der Waals surface area contributed by atoms with Crippen molar-refractivity contribution in [3.8, 4) is 11.5 Å². The highest BCUT2D eigenvalue weighted by molar-refractivity contribution is 7.99. The number of halogens is 1. The number of fused-ring (bicyclic) bond motifs is 1. The molecule has 0 N–H and O–H groups in total. The number of benzene rings is 2. The van der Waals surface area contributed by atoms with Gasteiger partial charge in [-0.2, -0.15) is 0 Å². The topological polar surface area (TPSA) is 64.1 Å². The second-order valence-electron chi connectivity index (χ2n) is 8.05. The molecule has 1 saturated heterocycles. The van der Waals surface area contributed by atoms with E-state index in [1.165, 1.54) is 11.3 Å². The minimum Gasteiger partial charge on any atom is -0.495 e. The highest BCUT2D eigenvalue weighted by Gasteiger charge is 2.23. The van der Waals surface area contributed by atoms with Gasteiger partial charge in [-0.15, -0.1) is 11.8 Å². The van der Waals surface area contributed by atoms with Gasteiger partial charge in [-0.25, -0.2) is 4.98 Å². The molecule has 0 spiro atoms. The molecule has 0 radical (unpaired) electrons. The summed E-state index contributed by atoms with van der Waals surface area (Å²) in [6, 6.07) is 11.4. The van der Waals surface area contributed by atoms with Gasteiger partial charge in [0.05, 0.1) is 27.4 Å². The Hall–Kier alpha value is -2.04. The third-order valence-corrected chi connectivity index (χ3v) is 8.15. The van der Waals surface area contributed by atoms with Crippen LogP contribution in [0.15, 0.2) is 41.3 Å². The van der Waals surface area contributed by atoms with Crippen LogP contribution in [0.1, 0.15) is 12.8 Å². The van der Waals surface area contributed by atoms with Crippen molar-refractivity contribution in [1.29, 1.82) is 0 Å². The zero-order valence-electron chi connectivity index (χ0n) is 20.0. The number of anilines is 1. The summed E-state index contributed by atoms with van der Waals surface area (Å²) >= 11 is 9.10. The first kappa shape index (κ1) is 26.0. The molecule has 4 rings (SSSR count). The zero-order chi connectivity index (χ0) is 24.6. The number of thioether (sulfide) groups is 1. The fourth-order valence-electron chi connectivity index (χ4n) is 3.92. The van der Waals surface area contributed by atoms with Gasteiger partial charge in [0.25, 0.3) is 0 Å². The summed E-state index contributed by atoms with van der Waals surface area (Å²) in [6.07, 6.45) is 1.27.